The second kappa shape index (κ2) is 8.10. The highest BCUT2D eigenvalue weighted by atomic mass is 32.2. The Balaban J connectivity index is 1.52. The predicted molar refractivity (Wildman–Crippen MR) is 118 cm³/mol. The van der Waals surface area contributed by atoms with Crippen LogP contribution in [0, 0.1) is 6.92 Å². The van der Waals surface area contributed by atoms with Crippen molar-refractivity contribution in [3.8, 4) is 0 Å². The fourth-order valence-electron chi connectivity index (χ4n) is 4.02. The third-order valence-corrected chi connectivity index (χ3v) is 7.43. The molecule has 0 aliphatic carbocycles. The molecule has 2 aromatic carbocycles. The number of aryl methyl sites for hydroxylation is 1. The number of benzene rings is 2. The quantitative estimate of drug-likeness (QED) is 0.811. The summed E-state index contributed by atoms with van der Waals surface area (Å²) in [6.45, 7) is 3.07. The van der Waals surface area contributed by atoms with E-state index in [1.807, 2.05) is 19.1 Å². The van der Waals surface area contributed by atoms with Gasteiger partial charge < -0.3 is 10.2 Å². The fraction of sp³-hybridized carbons (Fsp3) is 0.364. The minimum atomic E-state index is -3.33. The molecule has 158 valence electrons. The van der Waals surface area contributed by atoms with Crippen molar-refractivity contribution in [1.29, 1.82) is 0 Å². The summed E-state index contributed by atoms with van der Waals surface area (Å²) in [5.41, 5.74) is 3.32. The van der Waals surface area contributed by atoms with Crippen molar-refractivity contribution in [2.75, 3.05) is 33.4 Å². The molecule has 0 radical (unpaired) electrons. The molecule has 2 aliphatic heterocycles. The first-order chi connectivity index (χ1) is 14.3. The molecule has 4 rings (SSSR count). The molecule has 0 unspecified atom stereocenters. The highest BCUT2D eigenvalue weighted by Crippen LogP contribution is 2.28. The van der Waals surface area contributed by atoms with Crippen LogP contribution in [0.2, 0.25) is 0 Å². The van der Waals surface area contributed by atoms with Gasteiger partial charge in [-0.1, -0.05) is 6.07 Å². The number of anilines is 3. The summed E-state index contributed by atoms with van der Waals surface area (Å²) in [4.78, 5) is 26.5. The number of hydrogen-bond acceptors (Lipinski definition) is 4. The molecule has 0 saturated carbocycles. The van der Waals surface area contributed by atoms with Crippen LogP contribution in [-0.4, -0.2) is 39.1 Å². The molecule has 2 amide bonds. The number of carbonyl (C=O) groups is 2. The summed E-state index contributed by atoms with van der Waals surface area (Å²) in [5, 5.41) is 2.87. The Morgan fingerprint density at radius 1 is 1.03 bits per heavy atom. The molecule has 2 saturated heterocycles. The number of nitrogens with zero attached hydrogens (tertiary/aromatic N) is 2. The molecule has 2 fully saturated rings. The smallest absolute Gasteiger partial charge is 0.255 e. The van der Waals surface area contributed by atoms with Crippen LogP contribution in [-0.2, 0) is 14.8 Å². The van der Waals surface area contributed by atoms with Gasteiger partial charge in [0.25, 0.3) is 5.91 Å². The van der Waals surface area contributed by atoms with Crippen molar-refractivity contribution >= 4 is 38.9 Å². The van der Waals surface area contributed by atoms with Crippen LogP contribution >= 0.6 is 0 Å². The van der Waals surface area contributed by atoms with E-state index in [2.05, 4.69) is 5.32 Å². The lowest BCUT2D eigenvalue weighted by Gasteiger charge is -2.28. The average molecular weight is 428 g/mol. The Morgan fingerprint density at radius 3 is 2.57 bits per heavy atom. The summed E-state index contributed by atoms with van der Waals surface area (Å²) >= 11 is 0. The standard InChI is InChI=1S/C22H25N3O4S/c1-16-14-18(9-10-20(16)24-11-5-8-21(24)26)23-22(27)17-6-4-7-19(15-17)25-12-2-3-13-30(25,28)29/h4,6-7,9-10,14-15H,2-3,5,8,11-13H2,1H3,(H,23,27). The van der Waals surface area contributed by atoms with Gasteiger partial charge >= 0.3 is 0 Å². The van der Waals surface area contributed by atoms with Gasteiger partial charge in [0.1, 0.15) is 0 Å². The van der Waals surface area contributed by atoms with Gasteiger partial charge in [-0.25, -0.2) is 8.42 Å². The van der Waals surface area contributed by atoms with Gasteiger partial charge in [-0.05, 0) is 68.1 Å². The number of carbonyl (C=O) groups excluding carboxylic acids is 2. The summed E-state index contributed by atoms with van der Waals surface area (Å²) in [6, 6.07) is 12.2. The van der Waals surface area contributed by atoms with Gasteiger partial charge in [-0.15, -0.1) is 0 Å². The van der Waals surface area contributed by atoms with Crippen molar-refractivity contribution in [3.05, 3.63) is 53.6 Å². The van der Waals surface area contributed by atoms with Gasteiger partial charge in [-0.3, -0.25) is 13.9 Å². The van der Waals surface area contributed by atoms with Gasteiger partial charge in [0.05, 0.1) is 11.4 Å². The van der Waals surface area contributed by atoms with Crippen LogP contribution in [0.4, 0.5) is 17.1 Å². The van der Waals surface area contributed by atoms with Crippen molar-refractivity contribution in [1.82, 2.24) is 0 Å². The minimum Gasteiger partial charge on any atom is -0.322 e. The SMILES string of the molecule is Cc1cc(NC(=O)c2cccc(N3CCCCS3(=O)=O)c2)ccc1N1CCCC1=O. The highest BCUT2D eigenvalue weighted by Gasteiger charge is 2.26. The first-order valence-corrected chi connectivity index (χ1v) is 11.8. The Kier molecular flexibility index (Phi) is 5.51. The number of nitrogens with one attached hydrogen (secondary N) is 1. The topological polar surface area (TPSA) is 86.8 Å². The zero-order valence-corrected chi connectivity index (χ0v) is 17.7. The van der Waals surface area contributed by atoms with E-state index in [9.17, 15) is 18.0 Å². The van der Waals surface area contributed by atoms with Crippen LogP contribution in [0.25, 0.3) is 0 Å². The molecule has 8 heteroatoms. The lowest BCUT2D eigenvalue weighted by molar-refractivity contribution is -0.117. The van der Waals surface area contributed by atoms with E-state index in [1.165, 1.54) is 4.31 Å². The average Bonchev–Trinajstić information content (AvgIpc) is 3.13. The molecule has 2 aromatic rings. The van der Waals surface area contributed by atoms with E-state index in [4.69, 9.17) is 0 Å². The molecule has 0 spiro atoms. The van der Waals surface area contributed by atoms with E-state index in [0.717, 1.165) is 30.6 Å². The number of rotatable bonds is 4. The van der Waals surface area contributed by atoms with Crippen molar-refractivity contribution in [3.63, 3.8) is 0 Å². The molecule has 1 N–H and O–H groups in total. The third-order valence-electron chi connectivity index (χ3n) is 5.56. The highest BCUT2D eigenvalue weighted by molar-refractivity contribution is 7.92. The molecule has 2 aliphatic rings. The normalized spacial score (nSPS) is 18.5. The van der Waals surface area contributed by atoms with Gasteiger partial charge in [-0.2, -0.15) is 0 Å². The van der Waals surface area contributed by atoms with E-state index >= 15 is 0 Å². The first kappa shape index (κ1) is 20.4. The van der Waals surface area contributed by atoms with Crippen LogP contribution in [0.3, 0.4) is 0 Å². The lowest BCUT2D eigenvalue weighted by Crippen LogP contribution is -2.37. The zero-order chi connectivity index (χ0) is 21.3. The summed E-state index contributed by atoms with van der Waals surface area (Å²) in [5.74, 6) is -0.0517. The number of amides is 2. The molecule has 0 atom stereocenters. The largest absolute Gasteiger partial charge is 0.322 e. The van der Waals surface area contributed by atoms with E-state index in [0.29, 0.717) is 36.3 Å². The lowest BCUT2D eigenvalue weighted by atomic mass is 10.1. The monoisotopic (exact) mass is 427 g/mol. The maximum atomic E-state index is 12.8. The van der Waals surface area contributed by atoms with Crippen LogP contribution in [0.1, 0.15) is 41.6 Å². The van der Waals surface area contributed by atoms with Crippen LogP contribution in [0.15, 0.2) is 42.5 Å². The predicted octanol–water partition coefficient (Wildman–Crippen LogP) is 3.30. The van der Waals surface area contributed by atoms with Crippen LogP contribution in [0.5, 0.6) is 0 Å². The van der Waals surface area contributed by atoms with E-state index in [1.54, 1.807) is 35.2 Å². The first-order valence-electron chi connectivity index (χ1n) is 10.2. The maximum Gasteiger partial charge on any atom is 0.255 e. The molecular weight excluding hydrogens is 402 g/mol. The Morgan fingerprint density at radius 2 is 1.87 bits per heavy atom. The molecule has 2 heterocycles. The Labute approximate surface area is 176 Å². The Bertz CT molecular complexity index is 1100. The molecule has 7 nitrogen and oxygen atoms in total. The second-order valence-electron chi connectivity index (χ2n) is 7.75. The van der Waals surface area contributed by atoms with Crippen molar-refractivity contribution < 1.29 is 18.0 Å². The molecule has 30 heavy (non-hydrogen) atoms. The second-order valence-corrected chi connectivity index (χ2v) is 9.76. The summed E-state index contributed by atoms with van der Waals surface area (Å²) in [7, 11) is -3.33. The zero-order valence-electron chi connectivity index (χ0n) is 16.9. The van der Waals surface area contributed by atoms with Gasteiger partial charge in [0, 0.05) is 36.4 Å². The Hall–Kier alpha value is -2.87. The van der Waals surface area contributed by atoms with Gasteiger partial charge in [0.2, 0.25) is 15.9 Å². The van der Waals surface area contributed by atoms with Gasteiger partial charge in [0.15, 0.2) is 0 Å². The molecular formula is C22H25N3O4S. The molecule has 0 bridgehead atoms. The maximum absolute atomic E-state index is 12.8. The summed E-state index contributed by atoms with van der Waals surface area (Å²) < 4.78 is 26.1. The van der Waals surface area contributed by atoms with Crippen molar-refractivity contribution in [2.24, 2.45) is 0 Å². The number of sulfonamides is 1. The fourth-order valence-corrected chi connectivity index (χ4v) is 5.65. The molecule has 0 aromatic heterocycles. The summed E-state index contributed by atoms with van der Waals surface area (Å²) in [6.07, 6.45) is 2.90. The van der Waals surface area contributed by atoms with E-state index in [-0.39, 0.29) is 17.6 Å². The van der Waals surface area contributed by atoms with E-state index < -0.39 is 10.0 Å². The minimum absolute atomic E-state index is 0.124. The van der Waals surface area contributed by atoms with Crippen molar-refractivity contribution in [2.45, 2.75) is 32.6 Å². The number of hydrogen-bond donors (Lipinski definition) is 1. The van der Waals surface area contributed by atoms with Crippen LogP contribution < -0.4 is 14.5 Å². The third kappa shape index (κ3) is 4.05.